The Labute approximate surface area is 143 Å². The molecular weight excluding hydrogens is 300 g/mol. The van der Waals surface area contributed by atoms with E-state index in [0.29, 0.717) is 0 Å². The lowest BCUT2D eigenvalue weighted by molar-refractivity contribution is -0.127. The molecule has 0 radical (unpaired) electrons. The normalized spacial score (nSPS) is 18.2. The van der Waals surface area contributed by atoms with Gasteiger partial charge < -0.3 is 9.88 Å². The molecule has 1 aliphatic rings. The zero-order chi connectivity index (χ0) is 16.9. The van der Waals surface area contributed by atoms with E-state index in [-0.39, 0.29) is 18.0 Å². The number of hydrogen-bond donors (Lipinski definition) is 1. The Morgan fingerprint density at radius 3 is 2.79 bits per heavy atom. The highest BCUT2D eigenvalue weighted by Crippen LogP contribution is 2.22. The van der Waals surface area contributed by atoms with Crippen molar-refractivity contribution in [1.82, 2.24) is 19.8 Å². The third-order valence-corrected chi connectivity index (χ3v) is 4.82. The predicted molar refractivity (Wildman–Crippen MR) is 94.6 cm³/mol. The topological polar surface area (TPSA) is 50.2 Å². The molecule has 0 spiro atoms. The van der Waals surface area contributed by atoms with Gasteiger partial charge in [0.1, 0.15) is 11.9 Å². The number of rotatable bonds is 6. The number of aryl methyl sites for hydroxylation is 1. The van der Waals surface area contributed by atoms with Gasteiger partial charge in [0.05, 0.1) is 0 Å². The lowest BCUT2D eigenvalue weighted by atomic mass is 10.0. The van der Waals surface area contributed by atoms with E-state index in [0.717, 1.165) is 43.9 Å². The molecule has 2 heterocycles. The van der Waals surface area contributed by atoms with Crippen molar-refractivity contribution in [3.05, 3.63) is 54.1 Å². The summed E-state index contributed by atoms with van der Waals surface area (Å²) in [6.45, 7) is 6.71. The average Bonchev–Trinajstić information content (AvgIpc) is 3.07. The number of nitrogens with zero attached hydrogens (tertiary/aromatic N) is 3. The van der Waals surface area contributed by atoms with E-state index < -0.39 is 0 Å². The molecule has 5 heteroatoms. The first kappa shape index (κ1) is 16.7. The average molecular weight is 326 g/mol. The molecule has 1 N–H and O–H groups in total. The largest absolute Gasteiger partial charge is 0.350 e. The standard InChI is InChI=1S/C19H26N4O/c1-3-22(4-2)18(15-8-6-5-7-9-15)19(24)21-16-10-11-17-20-12-13-23(17)14-16/h5-9,12-13,16,18H,3-4,10-11,14H2,1-2H3,(H,21,24)/t16-,18-/m0/s1. The molecule has 1 aromatic heterocycles. The van der Waals surface area contributed by atoms with Crippen LogP contribution in [0.25, 0.3) is 0 Å². The molecule has 2 aromatic rings. The second-order valence-corrected chi connectivity index (χ2v) is 6.27. The first-order valence-electron chi connectivity index (χ1n) is 8.82. The summed E-state index contributed by atoms with van der Waals surface area (Å²) in [5.41, 5.74) is 1.05. The fourth-order valence-electron chi connectivity index (χ4n) is 3.52. The summed E-state index contributed by atoms with van der Waals surface area (Å²) in [4.78, 5) is 19.6. The molecule has 24 heavy (non-hydrogen) atoms. The summed E-state index contributed by atoms with van der Waals surface area (Å²) in [6.07, 6.45) is 5.69. The van der Waals surface area contributed by atoms with E-state index in [2.05, 4.69) is 33.6 Å². The third-order valence-electron chi connectivity index (χ3n) is 4.82. The van der Waals surface area contributed by atoms with Crippen LogP contribution in [-0.2, 0) is 17.8 Å². The van der Waals surface area contributed by atoms with Crippen LogP contribution >= 0.6 is 0 Å². The minimum Gasteiger partial charge on any atom is -0.350 e. The van der Waals surface area contributed by atoms with Gasteiger partial charge in [-0.25, -0.2) is 4.98 Å². The van der Waals surface area contributed by atoms with Crippen molar-refractivity contribution >= 4 is 5.91 Å². The highest BCUT2D eigenvalue weighted by molar-refractivity contribution is 5.83. The van der Waals surface area contributed by atoms with Gasteiger partial charge in [-0.05, 0) is 25.1 Å². The van der Waals surface area contributed by atoms with Crippen molar-refractivity contribution in [1.29, 1.82) is 0 Å². The Hall–Kier alpha value is -2.14. The number of nitrogens with one attached hydrogen (secondary N) is 1. The predicted octanol–water partition coefficient (Wildman–Crippen LogP) is 2.40. The van der Waals surface area contributed by atoms with Gasteiger partial charge in [-0.3, -0.25) is 9.69 Å². The van der Waals surface area contributed by atoms with Crippen molar-refractivity contribution in [2.45, 2.75) is 45.3 Å². The van der Waals surface area contributed by atoms with Crippen LogP contribution in [0.15, 0.2) is 42.7 Å². The summed E-state index contributed by atoms with van der Waals surface area (Å²) in [5.74, 6) is 1.21. The molecule has 0 saturated carbocycles. The molecule has 128 valence electrons. The minimum atomic E-state index is -0.231. The van der Waals surface area contributed by atoms with Crippen molar-refractivity contribution in [2.75, 3.05) is 13.1 Å². The fourth-order valence-corrected chi connectivity index (χ4v) is 3.52. The Morgan fingerprint density at radius 1 is 1.33 bits per heavy atom. The van der Waals surface area contributed by atoms with Crippen LogP contribution in [0.1, 0.15) is 37.7 Å². The summed E-state index contributed by atoms with van der Waals surface area (Å²) in [7, 11) is 0. The van der Waals surface area contributed by atoms with Crippen LogP contribution < -0.4 is 5.32 Å². The van der Waals surface area contributed by atoms with E-state index >= 15 is 0 Å². The molecule has 0 unspecified atom stereocenters. The number of imidazole rings is 1. The van der Waals surface area contributed by atoms with Crippen molar-refractivity contribution < 1.29 is 4.79 Å². The summed E-state index contributed by atoms with van der Waals surface area (Å²) in [6, 6.07) is 10.00. The summed E-state index contributed by atoms with van der Waals surface area (Å²) < 4.78 is 2.14. The van der Waals surface area contributed by atoms with E-state index in [4.69, 9.17) is 0 Å². The first-order chi connectivity index (χ1) is 11.7. The molecule has 5 nitrogen and oxygen atoms in total. The van der Waals surface area contributed by atoms with E-state index in [1.54, 1.807) is 0 Å². The van der Waals surface area contributed by atoms with Crippen molar-refractivity contribution in [3.63, 3.8) is 0 Å². The first-order valence-corrected chi connectivity index (χ1v) is 8.82. The third kappa shape index (κ3) is 3.51. The Bertz CT molecular complexity index is 663. The number of carbonyl (C=O) groups is 1. The van der Waals surface area contributed by atoms with Crippen molar-refractivity contribution in [2.24, 2.45) is 0 Å². The second-order valence-electron chi connectivity index (χ2n) is 6.27. The minimum absolute atomic E-state index is 0.0958. The lowest BCUT2D eigenvalue weighted by Gasteiger charge is -2.32. The molecule has 0 fully saturated rings. The molecular formula is C19H26N4O. The van der Waals surface area contributed by atoms with Gasteiger partial charge in [0.2, 0.25) is 5.91 Å². The van der Waals surface area contributed by atoms with E-state index in [1.807, 2.05) is 42.7 Å². The van der Waals surface area contributed by atoms with Gasteiger partial charge in [-0.2, -0.15) is 0 Å². The number of likely N-dealkylation sites (N-methyl/N-ethyl adjacent to an activating group) is 1. The van der Waals surface area contributed by atoms with Gasteiger partial charge in [0, 0.05) is 31.4 Å². The fraction of sp³-hybridized carbons (Fsp3) is 0.474. The Kier molecular flexibility index (Phi) is 5.30. The van der Waals surface area contributed by atoms with Gasteiger partial charge in [0.15, 0.2) is 0 Å². The van der Waals surface area contributed by atoms with E-state index in [1.165, 1.54) is 0 Å². The highest BCUT2D eigenvalue weighted by Gasteiger charge is 2.28. The lowest BCUT2D eigenvalue weighted by Crippen LogP contribution is -2.47. The highest BCUT2D eigenvalue weighted by atomic mass is 16.2. The summed E-state index contributed by atoms with van der Waals surface area (Å²) in [5, 5.41) is 3.27. The van der Waals surface area contributed by atoms with E-state index in [9.17, 15) is 4.79 Å². The monoisotopic (exact) mass is 326 g/mol. The van der Waals surface area contributed by atoms with Gasteiger partial charge >= 0.3 is 0 Å². The number of fused-ring (bicyclic) bond motifs is 1. The molecule has 1 aromatic carbocycles. The van der Waals surface area contributed by atoms with Gasteiger partial charge in [-0.15, -0.1) is 0 Å². The summed E-state index contributed by atoms with van der Waals surface area (Å²) >= 11 is 0. The second kappa shape index (κ2) is 7.62. The molecule has 0 bridgehead atoms. The molecule has 1 amide bonds. The number of amides is 1. The number of benzene rings is 1. The Morgan fingerprint density at radius 2 is 2.08 bits per heavy atom. The molecule has 2 atom stereocenters. The van der Waals surface area contributed by atoms with Crippen LogP contribution in [0.5, 0.6) is 0 Å². The van der Waals surface area contributed by atoms with Crippen LogP contribution in [0.4, 0.5) is 0 Å². The quantitative estimate of drug-likeness (QED) is 0.887. The van der Waals surface area contributed by atoms with Crippen LogP contribution in [0.2, 0.25) is 0 Å². The van der Waals surface area contributed by atoms with Crippen LogP contribution in [-0.4, -0.2) is 39.5 Å². The smallest absolute Gasteiger partial charge is 0.242 e. The molecule has 1 aliphatic heterocycles. The van der Waals surface area contributed by atoms with Gasteiger partial charge in [0.25, 0.3) is 0 Å². The maximum atomic E-state index is 13.0. The van der Waals surface area contributed by atoms with Crippen LogP contribution in [0, 0.1) is 0 Å². The molecule has 0 aliphatic carbocycles. The maximum Gasteiger partial charge on any atom is 0.242 e. The molecule has 0 saturated heterocycles. The van der Waals surface area contributed by atoms with Crippen LogP contribution in [0.3, 0.4) is 0 Å². The SMILES string of the molecule is CCN(CC)[C@H](C(=O)N[C@H]1CCc2nccn2C1)c1ccccc1. The van der Waals surface area contributed by atoms with Crippen molar-refractivity contribution in [3.8, 4) is 0 Å². The van der Waals surface area contributed by atoms with Gasteiger partial charge in [-0.1, -0.05) is 44.2 Å². The maximum absolute atomic E-state index is 13.0. The molecule has 3 rings (SSSR count). The zero-order valence-corrected chi connectivity index (χ0v) is 14.5. The number of aromatic nitrogens is 2. The number of carbonyl (C=O) groups excluding carboxylic acids is 1. The number of hydrogen-bond acceptors (Lipinski definition) is 3. The Balaban J connectivity index is 1.74. The zero-order valence-electron chi connectivity index (χ0n) is 14.5.